The van der Waals surface area contributed by atoms with Gasteiger partial charge in [0.15, 0.2) is 0 Å². The molecule has 0 spiro atoms. The number of amides is 2. The summed E-state index contributed by atoms with van der Waals surface area (Å²) < 4.78 is 0. The van der Waals surface area contributed by atoms with Crippen molar-refractivity contribution in [3.8, 4) is 0 Å². The Morgan fingerprint density at radius 3 is 2.78 bits per heavy atom. The highest BCUT2D eigenvalue weighted by Crippen LogP contribution is 2.08. The van der Waals surface area contributed by atoms with Gasteiger partial charge in [-0.3, -0.25) is 14.7 Å². The lowest BCUT2D eigenvalue weighted by Gasteiger charge is -2.15. The fourth-order valence-corrected chi connectivity index (χ4v) is 2.08. The third-order valence-electron chi connectivity index (χ3n) is 3.16. The molecule has 1 aromatic rings. The molecule has 0 bridgehead atoms. The Kier molecular flexibility index (Phi) is 3.96. The van der Waals surface area contributed by atoms with Crippen molar-refractivity contribution in [1.82, 2.24) is 20.4 Å². The quantitative estimate of drug-likeness (QED) is 0.815. The van der Waals surface area contributed by atoms with Gasteiger partial charge in [-0.05, 0) is 19.8 Å². The van der Waals surface area contributed by atoms with Gasteiger partial charge in [-0.25, -0.2) is 0 Å². The molecule has 1 aliphatic rings. The van der Waals surface area contributed by atoms with Crippen molar-refractivity contribution in [3.63, 3.8) is 0 Å². The Labute approximate surface area is 106 Å². The molecule has 6 nitrogen and oxygen atoms in total. The highest BCUT2D eigenvalue weighted by atomic mass is 16.2. The largest absolute Gasteiger partial charge is 0.351 e. The van der Waals surface area contributed by atoms with E-state index < -0.39 is 0 Å². The fraction of sp³-hybridized carbons (Fsp3) is 0.583. The van der Waals surface area contributed by atoms with E-state index in [1.807, 2.05) is 4.90 Å². The molecule has 0 aliphatic carbocycles. The minimum atomic E-state index is -0.185. The normalized spacial score (nSPS) is 14.8. The molecule has 0 saturated carbocycles. The molecule has 2 rings (SSSR count). The van der Waals surface area contributed by atoms with E-state index >= 15 is 0 Å². The molecule has 0 aromatic carbocycles. The van der Waals surface area contributed by atoms with Crippen molar-refractivity contribution in [1.29, 1.82) is 0 Å². The number of rotatable bonds is 4. The van der Waals surface area contributed by atoms with Gasteiger partial charge in [0.1, 0.15) is 0 Å². The Hall–Kier alpha value is -1.85. The van der Waals surface area contributed by atoms with Gasteiger partial charge in [-0.2, -0.15) is 5.10 Å². The second-order valence-corrected chi connectivity index (χ2v) is 4.50. The highest BCUT2D eigenvalue weighted by molar-refractivity contribution is 5.95. The molecule has 1 fully saturated rings. The van der Waals surface area contributed by atoms with Crippen molar-refractivity contribution in [2.24, 2.45) is 0 Å². The van der Waals surface area contributed by atoms with E-state index in [4.69, 9.17) is 0 Å². The van der Waals surface area contributed by atoms with Crippen LogP contribution >= 0.6 is 0 Å². The predicted molar refractivity (Wildman–Crippen MR) is 66.1 cm³/mol. The van der Waals surface area contributed by atoms with Gasteiger partial charge in [-0.15, -0.1) is 0 Å². The maximum Gasteiger partial charge on any atom is 0.254 e. The lowest BCUT2D eigenvalue weighted by molar-refractivity contribution is -0.129. The lowest BCUT2D eigenvalue weighted by Crippen LogP contribution is -2.32. The average Bonchev–Trinajstić information content (AvgIpc) is 2.99. The summed E-state index contributed by atoms with van der Waals surface area (Å²) in [5.41, 5.74) is 1.27. The Morgan fingerprint density at radius 2 is 2.17 bits per heavy atom. The van der Waals surface area contributed by atoms with Gasteiger partial charge in [0.05, 0.1) is 11.8 Å². The summed E-state index contributed by atoms with van der Waals surface area (Å²) in [5, 5.41) is 9.23. The summed E-state index contributed by atoms with van der Waals surface area (Å²) in [7, 11) is 0. The standard InChI is InChI=1S/C12H18N4O2/c1-9-10(8-14-15-9)12(18)13-5-4-11(17)16-6-2-3-7-16/h8H,2-7H2,1H3,(H,13,18)(H,14,15). The first-order chi connectivity index (χ1) is 8.68. The van der Waals surface area contributed by atoms with Crippen LogP contribution in [0.5, 0.6) is 0 Å². The number of nitrogens with zero attached hydrogens (tertiary/aromatic N) is 2. The highest BCUT2D eigenvalue weighted by Gasteiger charge is 2.17. The van der Waals surface area contributed by atoms with Crippen LogP contribution < -0.4 is 5.32 Å². The second-order valence-electron chi connectivity index (χ2n) is 4.50. The number of aryl methyl sites for hydroxylation is 1. The maximum atomic E-state index is 11.7. The van der Waals surface area contributed by atoms with Crippen LogP contribution in [0.4, 0.5) is 0 Å². The molecule has 2 amide bonds. The molecule has 18 heavy (non-hydrogen) atoms. The first kappa shape index (κ1) is 12.6. The van der Waals surface area contributed by atoms with Gasteiger partial charge in [0, 0.05) is 31.7 Å². The molecule has 98 valence electrons. The lowest BCUT2D eigenvalue weighted by atomic mass is 10.2. The Bertz CT molecular complexity index is 435. The summed E-state index contributed by atoms with van der Waals surface area (Å²) in [6.07, 6.45) is 4.04. The molecule has 2 heterocycles. The fourth-order valence-electron chi connectivity index (χ4n) is 2.08. The summed E-state index contributed by atoms with van der Waals surface area (Å²) in [4.78, 5) is 25.3. The molecule has 0 radical (unpaired) electrons. The molecule has 1 saturated heterocycles. The van der Waals surface area contributed by atoms with Crippen LogP contribution in [-0.2, 0) is 4.79 Å². The van der Waals surface area contributed by atoms with E-state index in [-0.39, 0.29) is 11.8 Å². The van der Waals surface area contributed by atoms with Crippen molar-refractivity contribution in [3.05, 3.63) is 17.5 Å². The van der Waals surface area contributed by atoms with Gasteiger partial charge in [-0.1, -0.05) is 0 Å². The van der Waals surface area contributed by atoms with Crippen LogP contribution in [0.3, 0.4) is 0 Å². The number of hydrogen-bond acceptors (Lipinski definition) is 3. The number of hydrogen-bond donors (Lipinski definition) is 2. The molecular weight excluding hydrogens is 232 g/mol. The van der Waals surface area contributed by atoms with Crippen LogP contribution in [0.15, 0.2) is 6.20 Å². The molecule has 2 N–H and O–H groups in total. The molecular formula is C12H18N4O2. The van der Waals surface area contributed by atoms with Crippen LogP contribution in [0.25, 0.3) is 0 Å². The number of aromatic amines is 1. The van der Waals surface area contributed by atoms with E-state index in [2.05, 4.69) is 15.5 Å². The predicted octanol–water partition coefficient (Wildman–Crippen LogP) is 0.460. The zero-order valence-corrected chi connectivity index (χ0v) is 10.5. The topological polar surface area (TPSA) is 78.1 Å². The van der Waals surface area contributed by atoms with Gasteiger partial charge >= 0.3 is 0 Å². The monoisotopic (exact) mass is 250 g/mol. The van der Waals surface area contributed by atoms with Crippen LogP contribution in [-0.4, -0.2) is 46.5 Å². The first-order valence-corrected chi connectivity index (χ1v) is 6.24. The van der Waals surface area contributed by atoms with Crippen molar-refractivity contribution < 1.29 is 9.59 Å². The molecule has 6 heteroatoms. The summed E-state index contributed by atoms with van der Waals surface area (Å²) >= 11 is 0. The molecule has 1 aromatic heterocycles. The van der Waals surface area contributed by atoms with Crippen molar-refractivity contribution in [2.75, 3.05) is 19.6 Å². The van der Waals surface area contributed by atoms with Crippen LogP contribution in [0, 0.1) is 6.92 Å². The Balaban J connectivity index is 1.73. The van der Waals surface area contributed by atoms with Crippen molar-refractivity contribution in [2.45, 2.75) is 26.2 Å². The molecule has 0 atom stereocenters. The van der Waals surface area contributed by atoms with E-state index in [1.165, 1.54) is 6.20 Å². The number of carbonyl (C=O) groups is 2. The van der Waals surface area contributed by atoms with Gasteiger partial charge in [0.25, 0.3) is 5.91 Å². The minimum Gasteiger partial charge on any atom is -0.351 e. The van der Waals surface area contributed by atoms with Crippen molar-refractivity contribution >= 4 is 11.8 Å². The van der Waals surface area contributed by atoms with Gasteiger partial charge in [0.2, 0.25) is 5.91 Å². The third-order valence-corrected chi connectivity index (χ3v) is 3.16. The molecule has 0 unspecified atom stereocenters. The number of likely N-dealkylation sites (tertiary alicyclic amines) is 1. The second kappa shape index (κ2) is 5.66. The minimum absolute atomic E-state index is 0.122. The van der Waals surface area contributed by atoms with Crippen LogP contribution in [0.1, 0.15) is 35.3 Å². The SMILES string of the molecule is Cc1[nH]ncc1C(=O)NCCC(=O)N1CCCC1. The summed E-state index contributed by atoms with van der Waals surface area (Å²) in [6, 6.07) is 0. The number of H-pyrrole nitrogens is 1. The third kappa shape index (κ3) is 2.88. The average molecular weight is 250 g/mol. The summed E-state index contributed by atoms with van der Waals surface area (Å²) in [5.74, 6) is -0.0628. The zero-order chi connectivity index (χ0) is 13.0. The molecule has 1 aliphatic heterocycles. The summed E-state index contributed by atoms with van der Waals surface area (Å²) in [6.45, 7) is 3.87. The van der Waals surface area contributed by atoms with E-state index in [0.717, 1.165) is 31.6 Å². The van der Waals surface area contributed by atoms with Crippen LogP contribution in [0.2, 0.25) is 0 Å². The van der Waals surface area contributed by atoms with E-state index in [9.17, 15) is 9.59 Å². The van der Waals surface area contributed by atoms with E-state index in [0.29, 0.717) is 18.5 Å². The smallest absolute Gasteiger partial charge is 0.254 e. The number of nitrogens with one attached hydrogen (secondary N) is 2. The van der Waals surface area contributed by atoms with E-state index in [1.54, 1.807) is 6.92 Å². The number of carbonyl (C=O) groups excluding carboxylic acids is 2. The Morgan fingerprint density at radius 1 is 1.44 bits per heavy atom. The number of aromatic nitrogens is 2. The zero-order valence-electron chi connectivity index (χ0n) is 10.5. The maximum absolute atomic E-state index is 11.7. The van der Waals surface area contributed by atoms with Gasteiger partial charge < -0.3 is 10.2 Å². The first-order valence-electron chi connectivity index (χ1n) is 6.24.